The van der Waals surface area contributed by atoms with Gasteiger partial charge in [-0.05, 0) is 60.0 Å². The van der Waals surface area contributed by atoms with Crippen LogP contribution in [0.25, 0.3) is 5.76 Å². The molecule has 7 nitrogen and oxygen atoms in total. The summed E-state index contributed by atoms with van der Waals surface area (Å²) in [5, 5.41) is 21.3. The van der Waals surface area contributed by atoms with Crippen LogP contribution in [0, 0.1) is 6.92 Å². The molecule has 0 aliphatic carbocycles. The first kappa shape index (κ1) is 24.2. The number of hydrogen-bond donors (Lipinski definition) is 2. The van der Waals surface area contributed by atoms with Crippen molar-refractivity contribution in [2.24, 2.45) is 0 Å². The Morgan fingerprint density at radius 3 is 2.40 bits per heavy atom. The number of aliphatic hydroxyl groups excluding tert-OH is 1. The average molecular weight is 536 g/mol. The third-order valence-electron chi connectivity index (χ3n) is 5.85. The predicted octanol–water partition coefficient (Wildman–Crippen LogP) is 4.80. The summed E-state index contributed by atoms with van der Waals surface area (Å²) in [5.41, 5.74) is 2.69. The van der Waals surface area contributed by atoms with Gasteiger partial charge in [-0.2, -0.15) is 0 Å². The lowest BCUT2D eigenvalue weighted by molar-refractivity contribution is -0.139. The van der Waals surface area contributed by atoms with Gasteiger partial charge in [-0.15, -0.1) is 0 Å². The van der Waals surface area contributed by atoms with Crippen LogP contribution < -0.4 is 4.90 Å². The van der Waals surface area contributed by atoms with E-state index >= 15 is 0 Å². The van der Waals surface area contributed by atoms with Crippen LogP contribution in [-0.4, -0.2) is 35.0 Å². The minimum absolute atomic E-state index is 0.0407. The molecule has 0 saturated carbocycles. The molecule has 3 aromatic rings. The third-order valence-corrected chi connectivity index (χ3v) is 6.74. The van der Waals surface area contributed by atoms with Gasteiger partial charge in [0.15, 0.2) is 0 Å². The van der Waals surface area contributed by atoms with Gasteiger partial charge in [0.1, 0.15) is 11.5 Å². The minimum atomic E-state index is -0.975. The number of hydrogen-bond acceptors (Lipinski definition) is 6. The highest BCUT2D eigenvalue weighted by atomic mass is 79.9. The molecule has 1 aliphatic heterocycles. The molecular formula is C27H22BrNO6. The second-order valence-corrected chi connectivity index (χ2v) is 9.00. The normalized spacial score (nSPS) is 17.0. The number of phenolic OH excluding ortho intramolecular Hbond substituents is 1. The molecule has 0 aromatic heterocycles. The Kier molecular flexibility index (Phi) is 6.75. The number of methoxy groups -OCH3 is 1. The smallest absolute Gasteiger partial charge is 0.309 e. The van der Waals surface area contributed by atoms with Crippen molar-refractivity contribution >= 4 is 45.0 Å². The molecule has 0 radical (unpaired) electrons. The van der Waals surface area contributed by atoms with E-state index in [1.807, 2.05) is 6.92 Å². The Hall–Kier alpha value is -3.91. The van der Waals surface area contributed by atoms with Crippen LogP contribution in [0.4, 0.5) is 5.69 Å². The molecular weight excluding hydrogens is 514 g/mol. The summed E-state index contributed by atoms with van der Waals surface area (Å²) in [6.45, 7) is 1.85. The largest absolute Gasteiger partial charge is 0.508 e. The fourth-order valence-electron chi connectivity index (χ4n) is 4.07. The highest BCUT2D eigenvalue weighted by molar-refractivity contribution is 9.10. The highest BCUT2D eigenvalue weighted by Gasteiger charge is 2.47. The molecule has 8 heteroatoms. The lowest BCUT2D eigenvalue weighted by Crippen LogP contribution is -2.29. The number of ether oxygens (including phenoxy) is 1. The molecule has 2 N–H and O–H groups in total. The maximum absolute atomic E-state index is 13.2. The van der Waals surface area contributed by atoms with Gasteiger partial charge in [-0.1, -0.05) is 46.3 Å². The molecule has 1 amide bonds. The van der Waals surface area contributed by atoms with Crippen molar-refractivity contribution in [1.82, 2.24) is 0 Å². The molecule has 1 aliphatic rings. The van der Waals surface area contributed by atoms with Crippen LogP contribution in [0.15, 0.2) is 76.8 Å². The van der Waals surface area contributed by atoms with Gasteiger partial charge < -0.3 is 14.9 Å². The quantitative estimate of drug-likeness (QED) is 0.210. The number of amides is 1. The van der Waals surface area contributed by atoms with Crippen molar-refractivity contribution < 1.29 is 29.3 Å². The van der Waals surface area contributed by atoms with Gasteiger partial charge in [0.05, 0.1) is 25.1 Å². The van der Waals surface area contributed by atoms with Crippen molar-refractivity contribution in [1.29, 1.82) is 0 Å². The lowest BCUT2D eigenvalue weighted by atomic mass is 9.94. The standard InChI is InChI=1S/C27H22BrNO6/c1-15-12-18(8-11-21(15)28)25(32)23-24(17-4-3-5-20(30)14-17)29(27(34)26(23)33)19-9-6-16(7-10-19)13-22(31)35-2/h3-12,14,24,30,32H,13H2,1-2H3/b25-23-. The van der Waals surface area contributed by atoms with Gasteiger partial charge in [-0.25, -0.2) is 0 Å². The number of rotatable bonds is 5. The predicted molar refractivity (Wildman–Crippen MR) is 134 cm³/mol. The van der Waals surface area contributed by atoms with Crippen molar-refractivity contribution in [3.63, 3.8) is 0 Å². The Labute approximate surface area is 210 Å². The SMILES string of the molecule is COC(=O)Cc1ccc(N2C(=O)C(=O)/C(=C(\O)c3ccc(Br)c(C)c3)C2c2cccc(O)c2)cc1. The highest BCUT2D eigenvalue weighted by Crippen LogP contribution is 2.43. The van der Waals surface area contributed by atoms with Crippen molar-refractivity contribution in [3.8, 4) is 5.75 Å². The first-order chi connectivity index (χ1) is 16.7. The summed E-state index contributed by atoms with van der Waals surface area (Å²) < 4.78 is 5.53. The van der Waals surface area contributed by atoms with Crippen molar-refractivity contribution in [2.75, 3.05) is 12.0 Å². The summed E-state index contributed by atoms with van der Waals surface area (Å²) in [5.74, 6) is -2.40. The zero-order valence-electron chi connectivity index (χ0n) is 19.0. The molecule has 3 aromatic carbocycles. The number of halogens is 1. The topological polar surface area (TPSA) is 104 Å². The van der Waals surface area contributed by atoms with E-state index in [9.17, 15) is 24.6 Å². The monoisotopic (exact) mass is 535 g/mol. The molecule has 0 bridgehead atoms. The Morgan fingerprint density at radius 2 is 1.77 bits per heavy atom. The number of ketones is 1. The van der Waals surface area contributed by atoms with Crippen LogP contribution in [0.3, 0.4) is 0 Å². The van der Waals surface area contributed by atoms with Crippen molar-refractivity contribution in [2.45, 2.75) is 19.4 Å². The molecule has 1 unspecified atom stereocenters. The molecule has 1 fully saturated rings. The van der Waals surface area contributed by atoms with E-state index in [1.54, 1.807) is 54.6 Å². The number of anilines is 1. The number of benzene rings is 3. The number of aliphatic hydroxyl groups is 1. The van der Waals surface area contributed by atoms with Gasteiger partial charge in [-0.3, -0.25) is 19.3 Å². The van der Waals surface area contributed by atoms with Gasteiger partial charge in [0.25, 0.3) is 11.7 Å². The van der Waals surface area contributed by atoms with Gasteiger partial charge in [0.2, 0.25) is 0 Å². The van der Waals surface area contributed by atoms with E-state index in [4.69, 9.17) is 4.74 Å². The van der Waals surface area contributed by atoms with E-state index in [1.165, 1.54) is 24.1 Å². The Balaban J connectivity index is 1.86. The minimum Gasteiger partial charge on any atom is -0.508 e. The van der Waals surface area contributed by atoms with Crippen LogP contribution in [0.2, 0.25) is 0 Å². The number of esters is 1. The summed E-state index contributed by atoms with van der Waals surface area (Å²) in [4.78, 5) is 39.4. The van der Waals surface area contributed by atoms with Crippen LogP contribution >= 0.6 is 15.9 Å². The molecule has 178 valence electrons. The zero-order valence-corrected chi connectivity index (χ0v) is 20.6. The maximum Gasteiger partial charge on any atom is 0.309 e. The van der Waals surface area contributed by atoms with E-state index in [0.29, 0.717) is 22.4 Å². The molecule has 0 spiro atoms. The molecule has 1 heterocycles. The van der Waals surface area contributed by atoms with E-state index in [2.05, 4.69) is 15.9 Å². The summed E-state index contributed by atoms with van der Waals surface area (Å²) in [6.07, 6.45) is 0.0640. The van der Waals surface area contributed by atoms with E-state index in [-0.39, 0.29) is 23.5 Å². The Morgan fingerprint density at radius 1 is 1.06 bits per heavy atom. The number of aryl methyl sites for hydroxylation is 1. The number of carbonyl (C=O) groups is 3. The van der Waals surface area contributed by atoms with Crippen LogP contribution in [0.5, 0.6) is 5.75 Å². The van der Waals surface area contributed by atoms with Crippen LogP contribution in [0.1, 0.15) is 28.3 Å². The second kappa shape index (κ2) is 9.76. The zero-order chi connectivity index (χ0) is 25.3. The number of phenols is 1. The van der Waals surface area contributed by atoms with E-state index < -0.39 is 23.7 Å². The fourth-order valence-corrected chi connectivity index (χ4v) is 4.32. The third kappa shape index (κ3) is 4.70. The molecule has 1 saturated heterocycles. The first-order valence-electron chi connectivity index (χ1n) is 10.7. The van der Waals surface area contributed by atoms with E-state index in [0.717, 1.165) is 10.0 Å². The Bertz CT molecular complexity index is 1360. The number of carbonyl (C=O) groups excluding carboxylic acids is 3. The van der Waals surface area contributed by atoms with Gasteiger partial charge >= 0.3 is 5.97 Å². The maximum atomic E-state index is 13.2. The van der Waals surface area contributed by atoms with Crippen molar-refractivity contribution in [3.05, 3.63) is 99.0 Å². The molecule has 35 heavy (non-hydrogen) atoms. The summed E-state index contributed by atoms with van der Waals surface area (Å²) >= 11 is 3.42. The average Bonchev–Trinajstić information content (AvgIpc) is 3.11. The first-order valence-corrected chi connectivity index (χ1v) is 11.5. The lowest BCUT2D eigenvalue weighted by Gasteiger charge is -2.25. The second-order valence-electron chi connectivity index (χ2n) is 8.15. The summed E-state index contributed by atoms with van der Waals surface area (Å²) in [7, 11) is 1.30. The molecule has 1 atom stereocenters. The van der Waals surface area contributed by atoms with Gasteiger partial charge in [0, 0.05) is 15.7 Å². The fraction of sp³-hybridized carbons (Fsp3) is 0.148. The number of Topliss-reactive ketones (excluding diaryl/α,β-unsaturated/α-hetero) is 1. The molecule has 4 rings (SSSR count). The summed E-state index contributed by atoms with van der Waals surface area (Å²) in [6, 6.07) is 17.0. The van der Waals surface area contributed by atoms with Crippen LogP contribution in [-0.2, 0) is 25.5 Å². The number of aromatic hydroxyl groups is 1. The number of nitrogens with zero attached hydrogens (tertiary/aromatic N) is 1.